The average molecular weight is 274 g/mol. The van der Waals surface area contributed by atoms with Gasteiger partial charge in [0.15, 0.2) is 0 Å². The van der Waals surface area contributed by atoms with Gasteiger partial charge in [0, 0.05) is 35.4 Å². The largest absolute Gasteiger partial charge is 0.370 e. The summed E-state index contributed by atoms with van der Waals surface area (Å²) in [5.41, 5.74) is 1.99. The van der Waals surface area contributed by atoms with Gasteiger partial charge < -0.3 is 4.90 Å². The lowest BCUT2D eigenvalue weighted by Crippen LogP contribution is -2.27. The summed E-state index contributed by atoms with van der Waals surface area (Å²) in [5, 5.41) is 10.7. The molecule has 4 heteroatoms. The molecule has 0 fully saturated rings. The Labute approximate surface area is 118 Å². The van der Waals surface area contributed by atoms with Crippen molar-refractivity contribution in [2.75, 3.05) is 18.0 Å². The maximum atomic E-state index is 8.97. The molecule has 2 rings (SSSR count). The number of pyridine rings is 1. The predicted molar refractivity (Wildman–Crippen MR) is 79.4 cm³/mol. The average Bonchev–Trinajstić information content (AvgIpc) is 2.43. The molecule has 3 nitrogen and oxygen atoms in total. The number of halogens is 1. The van der Waals surface area contributed by atoms with E-state index in [0.717, 1.165) is 29.7 Å². The first-order valence-electron chi connectivity index (χ1n) is 6.34. The molecule has 0 saturated heterocycles. The van der Waals surface area contributed by atoms with Crippen molar-refractivity contribution in [3.63, 3.8) is 0 Å². The predicted octanol–water partition coefficient (Wildman–Crippen LogP) is 3.87. The molecule has 1 unspecified atom stereocenters. The Morgan fingerprint density at radius 1 is 1.42 bits per heavy atom. The number of benzene rings is 1. The second kappa shape index (κ2) is 5.90. The van der Waals surface area contributed by atoms with Gasteiger partial charge in [0.05, 0.1) is 17.5 Å². The molecule has 98 valence electrons. The zero-order valence-corrected chi connectivity index (χ0v) is 11.9. The lowest BCUT2D eigenvalue weighted by molar-refractivity contribution is 0.687. The van der Waals surface area contributed by atoms with Gasteiger partial charge >= 0.3 is 0 Å². The van der Waals surface area contributed by atoms with Gasteiger partial charge in [0.1, 0.15) is 0 Å². The Kier molecular flexibility index (Phi) is 4.24. The van der Waals surface area contributed by atoms with E-state index in [9.17, 15) is 0 Å². The molecule has 0 aliphatic heterocycles. The van der Waals surface area contributed by atoms with Gasteiger partial charge in [0.25, 0.3) is 0 Å². The fourth-order valence-electron chi connectivity index (χ4n) is 2.15. The van der Waals surface area contributed by atoms with E-state index in [-0.39, 0.29) is 5.92 Å². The first-order chi connectivity index (χ1) is 9.15. The van der Waals surface area contributed by atoms with E-state index in [1.165, 1.54) is 0 Å². The summed E-state index contributed by atoms with van der Waals surface area (Å²) in [6.45, 7) is 5.59. The fourth-order valence-corrected chi connectivity index (χ4v) is 2.32. The first kappa shape index (κ1) is 13.6. The van der Waals surface area contributed by atoms with Crippen molar-refractivity contribution >= 4 is 28.2 Å². The lowest BCUT2D eigenvalue weighted by atomic mass is 10.1. The van der Waals surface area contributed by atoms with Crippen molar-refractivity contribution < 1.29 is 0 Å². The van der Waals surface area contributed by atoms with Gasteiger partial charge in [-0.25, -0.2) is 0 Å². The Balaban J connectivity index is 2.46. The van der Waals surface area contributed by atoms with Gasteiger partial charge in [0.2, 0.25) is 0 Å². The van der Waals surface area contributed by atoms with Crippen molar-refractivity contribution in [3.8, 4) is 6.07 Å². The number of aromatic nitrogens is 1. The Morgan fingerprint density at radius 2 is 2.21 bits per heavy atom. The standard InChI is InChI=1S/C15H16ClN3/c1-3-19(10-11(2)9-17)15-6-7-18-14-8-12(16)4-5-13(14)15/h4-8,11H,3,10H2,1-2H3. The number of fused-ring (bicyclic) bond motifs is 1. The third-order valence-corrected chi connectivity index (χ3v) is 3.35. The van der Waals surface area contributed by atoms with Gasteiger partial charge in [-0.15, -0.1) is 0 Å². The van der Waals surface area contributed by atoms with Crippen LogP contribution < -0.4 is 4.90 Å². The number of hydrogen-bond donors (Lipinski definition) is 0. The third kappa shape index (κ3) is 2.97. The molecular weight excluding hydrogens is 258 g/mol. The second-order valence-electron chi connectivity index (χ2n) is 4.56. The molecule has 1 aromatic heterocycles. The van der Waals surface area contributed by atoms with Gasteiger partial charge in [-0.05, 0) is 38.1 Å². The van der Waals surface area contributed by atoms with Crippen LogP contribution in [0.25, 0.3) is 10.9 Å². The number of rotatable bonds is 4. The number of hydrogen-bond acceptors (Lipinski definition) is 3. The van der Waals surface area contributed by atoms with Crippen molar-refractivity contribution in [2.45, 2.75) is 13.8 Å². The zero-order valence-electron chi connectivity index (χ0n) is 11.1. The fraction of sp³-hybridized carbons (Fsp3) is 0.333. The first-order valence-corrected chi connectivity index (χ1v) is 6.72. The molecule has 0 N–H and O–H groups in total. The van der Waals surface area contributed by atoms with Crippen LogP contribution in [0.3, 0.4) is 0 Å². The van der Waals surface area contributed by atoms with Crippen LogP contribution in [0.5, 0.6) is 0 Å². The minimum absolute atomic E-state index is 0.00420. The highest BCUT2D eigenvalue weighted by Gasteiger charge is 2.12. The molecule has 1 atom stereocenters. The van der Waals surface area contributed by atoms with Crippen LogP contribution in [-0.2, 0) is 0 Å². The SMILES string of the molecule is CCN(CC(C)C#N)c1ccnc2cc(Cl)ccc12. The topological polar surface area (TPSA) is 39.9 Å². The van der Waals surface area contributed by atoms with Crippen LogP contribution in [0.2, 0.25) is 5.02 Å². The monoisotopic (exact) mass is 273 g/mol. The minimum Gasteiger partial charge on any atom is -0.370 e. The molecule has 2 aromatic rings. The molecule has 0 aliphatic carbocycles. The number of nitriles is 1. The Morgan fingerprint density at radius 3 is 2.89 bits per heavy atom. The quantitative estimate of drug-likeness (QED) is 0.849. The minimum atomic E-state index is -0.00420. The van der Waals surface area contributed by atoms with Gasteiger partial charge in [-0.3, -0.25) is 4.98 Å². The number of anilines is 1. The number of nitrogens with zero attached hydrogens (tertiary/aromatic N) is 3. The third-order valence-electron chi connectivity index (χ3n) is 3.12. The van der Waals surface area contributed by atoms with Crippen LogP contribution in [0.1, 0.15) is 13.8 Å². The highest BCUT2D eigenvalue weighted by Crippen LogP contribution is 2.27. The van der Waals surface area contributed by atoms with Crippen molar-refractivity contribution in [2.24, 2.45) is 5.92 Å². The summed E-state index contributed by atoms with van der Waals surface area (Å²) in [7, 11) is 0. The van der Waals surface area contributed by atoms with Gasteiger partial charge in [-0.2, -0.15) is 5.26 Å². The molecule has 1 heterocycles. The summed E-state index contributed by atoms with van der Waals surface area (Å²) >= 11 is 5.99. The molecule has 1 aromatic carbocycles. The molecule has 0 radical (unpaired) electrons. The zero-order chi connectivity index (χ0) is 13.8. The normalized spacial score (nSPS) is 12.1. The summed E-state index contributed by atoms with van der Waals surface area (Å²) in [5.74, 6) is -0.00420. The van der Waals surface area contributed by atoms with E-state index >= 15 is 0 Å². The van der Waals surface area contributed by atoms with Crippen LogP contribution in [0, 0.1) is 17.2 Å². The van der Waals surface area contributed by atoms with Gasteiger partial charge in [-0.1, -0.05) is 11.6 Å². The molecule has 0 bridgehead atoms. The van der Waals surface area contributed by atoms with Crippen LogP contribution in [0.15, 0.2) is 30.5 Å². The van der Waals surface area contributed by atoms with E-state index < -0.39 is 0 Å². The van der Waals surface area contributed by atoms with Crippen LogP contribution >= 0.6 is 11.6 Å². The maximum absolute atomic E-state index is 8.97. The molecule has 19 heavy (non-hydrogen) atoms. The lowest BCUT2D eigenvalue weighted by Gasteiger charge is -2.25. The highest BCUT2D eigenvalue weighted by atomic mass is 35.5. The summed E-state index contributed by atoms with van der Waals surface area (Å²) < 4.78 is 0. The highest BCUT2D eigenvalue weighted by molar-refractivity contribution is 6.31. The summed E-state index contributed by atoms with van der Waals surface area (Å²) in [4.78, 5) is 6.54. The van der Waals surface area contributed by atoms with E-state index in [1.54, 1.807) is 6.20 Å². The Bertz CT molecular complexity index is 618. The molecule has 0 amide bonds. The van der Waals surface area contributed by atoms with Crippen molar-refractivity contribution in [3.05, 3.63) is 35.5 Å². The van der Waals surface area contributed by atoms with E-state index in [0.29, 0.717) is 5.02 Å². The summed E-state index contributed by atoms with van der Waals surface area (Å²) in [6, 6.07) is 9.99. The van der Waals surface area contributed by atoms with Crippen LogP contribution in [0.4, 0.5) is 5.69 Å². The van der Waals surface area contributed by atoms with Crippen molar-refractivity contribution in [1.82, 2.24) is 4.98 Å². The van der Waals surface area contributed by atoms with E-state index in [4.69, 9.17) is 16.9 Å². The maximum Gasteiger partial charge on any atom is 0.0737 e. The van der Waals surface area contributed by atoms with Crippen molar-refractivity contribution in [1.29, 1.82) is 5.26 Å². The van der Waals surface area contributed by atoms with Crippen LogP contribution in [-0.4, -0.2) is 18.1 Å². The molecule has 0 saturated carbocycles. The summed E-state index contributed by atoms with van der Waals surface area (Å²) in [6.07, 6.45) is 1.79. The van der Waals surface area contributed by atoms with E-state index in [1.807, 2.05) is 31.2 Å². The molecular formula is C15H16ClN3. The van der Waals surface area contributed by atoms with E-state index in [2.05, 4.69) is 22.9 Å². The molecule has 0 aliphatic rings. The molecule has 0 spiro atoms. The smallest absolute Gasteiger partial charge is 0.0737 e. The Hall–Kier alpha value is -1.79. The second-order valence-corrected chi connectivity index (χ2v) is 5.00.